The average molecular weight is 289 g/mol. The molecule has 6 heteroatoms. The van der Waals surface area contributed by atoms with Gasteiger partial charge >= 0.3 is 0 Å². The van der Waals surface area contributed by atoms with Gasteiger partial charge in [-0.3, -0.25) is 0 Å². The fourth-order valence-corrected chi connectivity index (χ4v) is 4.34. The van der Waals surface area contributed by atoms with Crippen molar-refractivity contribution in [2.45, 2.75) is 43.5 Å². The van der Waals surface area contributed by atoms with E-state index in [0.29, 0.717) is 13.0 Å². The molecule has 106 valence electrons. The smallest absolute Gasteiger partial charge is 0.207 e. The van der Waals surface area contributed by atoms with Crippen LogP contribution in [-0.2, 0) is 10.0 Å². The molecule has 1 saturated heterocycles. The van der Waals surface area contributed by atoms with Gasteiger partial charge in [0.05, 0.1) is 0 Å². The number of nitrogens with zero attached hydrogens (tertiary/aromatic N) is 1. The Kier molecular flexibility index (Phi) is 4.20. The summed E-state index contributed by atoms with van der Waals surface area (Å²) < 4.78 is 53.1. The summed E-state index contributed by atoms with van der Waals surface area (Å²) in [6.07, 6.45) is 3.17. The molecule has 1 heterocycles. The highest BCUT2D eigenvalue weighted by Gasteiger charge is 2.34. The van der Waals surface area contributed by atoms with Crippen molar-refractivity contribution in [1.29, 1.82) is 0 Å². The van der Waals surface area contributed by atoms with E-state index in [1.165, 1.54) is 4.31 Å². The molecule has 1 atom stereocenters. The Balaban J connectivity index is 2.43. The Morgan fingerprint density at radius 3 is 2.74 bits per heavy atom. The van der Waals surface area contributed by atoms with Crippen molar-refractivity contribution in [1.82, 2.24) is 4.31 Å². The molecule has 0 aliphatic carbocycles. The SMILES string of the molecule is CCC1CCCCN1S(=O)(=O)c1cc(F)ccc1F. The van der Waals surface area contributed by atoms with Crippen LogP contribution in [0.2, 0.25) is 0 Å². The van der Waals surface area contributed by atoms with Gasteiger partial charge in [0.2, 0.25) is 10.0 Å². The summed E-state index contributed by atoms with van der Waals surface area (Å²) in [7, 11) is -3.96. The van der Waals surface area contributed by atoms with Gasteiger partial charge in [-0.15, -0.1) is 0 Å². The molecule has 1 aliphatic heterocycles. The maximum absolute atomic E-state index is 13.7. The first kappa shape index (κ1) is 14.4. The Hall–Kier alpha value is -1.01. The van der Waals surface area contributed by atoms with Crippen molar-refractivity contribution < 1.29 is 17.2 Å². The topological polar surface area (TPSA) is 37.4 Å². The van der Waals surface area contributed by atoms with E-state index in [0.717, 1.165) is 37.5 Å². The molecule has 1 aliphatic rings. The van der Waals surface area contributed by atoms with Gasteiger partial charge in [-0.1, -0.05) is 13.3 Å². The lowest BCUT2D eigenvalue weighted by Crippen LogP contribution is -2.43. The van der Waals surface area contributed by atoms with Crippen LogP contribution in [0.4, 0.5) is 8.78 Å². The number of hydrogen-bond donors (Lipinski definition) is 0. The van der Waals surface area contributed by atoms with E-state index in [9.17, 15) is 17.2 Å². The molecule has 0 bridgehead atoms. The van der Waals surface area contributed by atoms with E-state index < -0.39 is 26.6 Å². The highest BCUT2D eigenvalue weighted by molar-refractivity contribution is 7.89. The van der Waals surface area contributed by atoms with E-state index >= 15 is 0 Å². The predicted octanol–water partition coefficient (Wildman–Crippen LogP) is 2.92. The highest BCUT2D eigenvalue weighted by atomic mass is 32.2. The van der Waals surface area contributed by atoms with Gasteiger partial charge in [0.25, 0.3) is 0 Å². The van der Waals surface area contributed by atoms with Crippen molar-refractivity contribution in [3.63, 3.8) is 0 Å². The summed E-state index contributed by atoms with van der Waals surface area (Å²) in [5.74, 6) is -1.65. The molecule has 0 amide bonds. The van der Waals surface area contributed by atoms with E-state index in [1.807, 2.05) is 6.92 Å². The van der Waals surface area contributed by atoms with Crippen molar-refractivity contribution in [2.24, 2.45) is 0 Å². The summed E-state index contributed by atoms with van der Waals surface area (Å²) in [6.45, 7) is 2.28. The number of benzene rings is 1. The van der Waals surface area contributed by atoms with Gasteiger partial charge in [0.15, 0.2) is 0 Å². The van der Waals surface area contributed by atoms with E-state index in [4.69, 9.17) is 0 Å². The Morgan fingerprint density at radius 2 is 2.05 bits per heavy atom. The minimum Gasteiger partial charge on any atom is -0.207 e. The van der Waals surface area contributed by atoms with Gasteiger partial charge in [0, 0.05) is 12.6 Å². The second-order valence-electron chi connectivity index (χ2n) is 4.75. The van der Waals surface area contributed by atoms with Crippen LogP contribution in [-0.4, -0.2) is 25.3 Å². The monoisotopic (exact) mass is 289 g/mol. The number of rotatable bonds is 3. The summed E-state index contributed by atoms with van der Waals surface area (Å²) in [6, 6.07) is 2.41. The molecular formula is C13H17F2NO2S. The van der Waals surface area contributed by atoms with Gasteiger partial charge in [-0.2, -0.15) is 4.31 Å². The predicted molar refractivity (Wildman–Crippen MR) is 68.2 cm³/mol. The molecule has 1 aromatic rings. The van der Waals surface area contributed by atoms with Crippen LogP contribution in [0.5, 0.6) is 0 Å². The van der Waals surface area contributed by atoms with E-state index in [2.05, 4.69) is 0 Å². The molecular weight excluding hydrogens is 272 g/mol. The largest absolute Gasteiger partial charge is 0.246 e. The molecule has 3 nitrogen and oxygen atoms in total. The summed E-state index contributed by atoms with van der Waals surface area (Å²) in [5.41, 5.74) is 0. The molecule has 0 N–H and O–H groups in total. The summed E-state index contributed by atoms with van der Waals surface area (Å²) >= 11 is 0. The van der Waals surface area contributed by atoms with Crippen LogP contribution in [0.1, 0.15) is 32.6 Å². The van der Waals surface area contributed by atoms with E-state index in [-0.39, 0.29) is 6.04 Å². The average Bonchev–Trinajstić information content (AvgIpc) is 2.41. The Labute approximate surface area is 112 Å². The van der Waals surface area contributed by atoms with Gasteiger partial charge in [-0.25, -0.2) is 17.2 Å². The third-order valence-electron chi connectivity index (χ3n) is 3.52. The molecule has 19 heavy (non-hydrogen) atoms. The maximum atomic E-state index is 13.7. The highest BCUT2D eigenvalue weighted by Crippen LogP contribution is 2.28. The first-order chi connectivity index (χ1) is 8.96. The quantitative estimate of drug-likeness (QED) is 0.858. The molecule has 0 radical (unpaired) electrons. The van der Waals surface area contributed by atoms with Gasteiger partial charge in [-0.05, 0) is 37.5 Å². The van der Waals surface area contributed by atoms with Crippen molar-refractivity contribution in [3.8, 4) is 0 Å². The molecule has 1 aromatic carbocycles. The first-order valence-electron chi connectivity index (χ1n) is 6.43. The van der Waals surface area contributed by atoms with Gasteiger partial charge < -0.3 is 0 Å². The zero-order valence-electron chi connectivity index (χ0n) is 10.8. The van der Waals surface area contributed by atoms with Crippen molar-refractivity contribution in [3.05, 3.63) is 29.8 Å². The number of hydrogen-bond acceptors (Lipinski definition) is 2. The minimum atomic E-state index is -3.96. The van der Waals surface area contributed by atoms with Crippen LogP contribution in [0.25, 0.3) is 0 Å². The normalized spacial score (nSPS) is 21.5. The first-order valence-corrected chi connectivity index (χ1v) is 7.87. The fourth-order valence-electron chi connectivity index (χ4n) is 2.50. The summed E-state index contributed by atoms with van der Waals surface area (Å²) in [5, 5.41) is 0. The van der Waals surface area contributed by atoms with Crippen LogP contribution < -0.4 is 0 Å². The number of sulfonamides is 1. The lowest BCUT2D eigenvalue weighted by atomic mass is 10.0. The zero-order chi connectivity index (χ0) is 14.0. The second-order valence-corrected chi connectivity index (χ2v) is 6.61. The van der Waals surface area contributed by atoms with Crippen LogP contribution in [0.3, 0.4) is 0 Å². The van der Waals surface area contributed by atoms with Gasteiger partial charge in [0.1, 0.15) is 16.5 Å². The minimum absolute atomic E-state index is 0.124. The molecule has 1 unspecified atom stereocenters. The third kappa shape index (κ3) is 2.79. The summed E-state index contributed by atoms with van der Waals surface area (Å²) in [4.78, 5) is -0.562. The number of halogens is 2. The van der Waals surface area contributed by atoms with Crippen LogP contribution in [0.15, 0.2) is 23.1 Å². The molecule has 0 spiro atoms. The Morgan fingerprint density at radius 1 is 1.32 bits per heavy atom. The van der Waals surface area contributed by atoms with Crippen LogP contribution >= 0.6 is 0 Å². The maximum Gasteiger partial charge on any atom is 0.246 e. The second kappa shape index (κ2) is 5.54. The molecule has 0 aromatic heterocycles. The standard InChI is InChI=1S/C13H17F2NO2S/c1-2-11-5-3-4-8-16(11)19(17,18)13-9-10(14)6-7-12(13)15/h6-7,9,11H,2-5,8H2,1H3. The van der Waals surface area contributed by atoms with Crippen LogP contribution in [0, 0.1) is 11.6 Å². The van der Waals surface area contributed by atoms with E-state index in [1.54, 1.807) is 0 Å². The van der Waals surface area contributed by atoms with Crippen molar-refractivity contribution >= 4 is 10.0 Å². The fraction of sp³-hybridized carbons (Fsp3) is 0.538. The molecule has 0 saturated carbocycles. The zero-order valence-corrected chi connectivity index (χ0v) is 11.6. The molecule has 2 rings (SSSR count). The van der Waals surface area contributed by atoms with Crippen molar-refractivity contribution in [2.75, 3.05) is 6.54 Å². The molecule has 1 fully saturated rings. The lowest BCUT2D eigenvalue weighted by Gasteiger charge is -2.34. The number of piperidine rings is 1. The Bertz CT molecular complexity index is 560. The third-order valence-corrected chi connectivity index (χ3v) is 5.49. The lowest BCUT2D eigenvalue weighted by molar-refractivity contribution is 0.246.